The molecule has 7 heteroatoms. The monoisotopic (exact) mass is 356 g/mol. The first-order valence-corrected chi connectivity index (χ1v) is 9.19. The average Bonchev–Trinajstić information content (AvgIpc) is 3.34. The van der Waals surface area contributed by atoms with E-state index in [0.29, 0.717) is 25.4 Å². The standard InChI is InChI=1S/C18H32N2O5/c1-5-6-9-25-18(24)19-14(11-13-7-8-13)16(21)20(4)15(17(22)23)10-12(2)3/h12-15H,5-11H2,1-4H3,(H,19,24)(H,22,23)/t14-,15-/m0/s1. The van der Waals surface area contributed by atoms with Gasteiger partial charge >= 0.3 is 12.1 Å². The Morgan fingerprint density at radius 1 is 1.28 bits per heavy atom. The van der Waals surface area contributed by atoms with Gasteiger partial charge in [-0.1, -0.05) is 40.0 Å². The van der Waals surface area contributed by atoms with Crippen LogP contribution in [0.3, 0.4) is 0 Å². The lowest BCUT2D eigenvalue weighted by molar-refractivity contribution is -0.150. The number of carbonyl (C=O) groups is 3. The van der Waals surface area contributed by atoms with Gasteiger partial charge in [-0.05, 0) is 31.1 Å². The molecular formula is C18H32N2O5. The lowest BCUT2D eigenvalue weighted by Crippen LogP contribution is -2.52. The molecule has 1 aliphatic rings. The summed E-state index contributed by atoms with van der Waals surface area (Å²) in [5.41, 5.74) is 0. The van der Waals surface area contributed by atoms with Crippen LogP contribution in [-0.4, -0.2) is 53.7 Å². The van der Waals surface area contributed by atoms with E-state index in [2.05, 4.69) is 5.32 Å². The Balaban J connectivity index is 2.72. The Morgan fingerprint density at radius 3 is 2.40 bits per heavy atom. The molecule has 2 N–H and O–H groups in total. The molecule has 7 nitrogen and oxygen atoms in total. The van der Waals surface area contributed by atoms with E-state index in [4.69, 9.17) is 4.74 Å². The van der Waals surface area contributed by atoms with Crippen molar-refractivity contribution >= 4 is 18.0 Å². The average molecular weight is 356 g/mol. The van der Waals surface area contributed by atoms with Crippen LogP contribution in [-0.2, 0) is 14.3 Å². The van der Waals surface area contributed by atoms with Gasteiger partial charge in [0.15, 0.2) is 0 Å². The van der Waals surface area contributed by atoms with Crippen molar-refractivity contribution in [3.05, 3.63) is 0 Å². The van der Waals surface area contributed by atoms with Crippen LogP contribution in [0.1, 0.15) is 59.3 Å². The molecule has 1 saturated carbocycles. The first kappa shape index (κ1) is 21.3. The zero-order chi connectivity index (χ0) is 19.0. The van der Waals surface area contributed by atoms with Crippen LogP contribution in [0.4, 0.5) is 4.79 Å². The predicted molar refractivity (Wildman–Crippen MR) is 94.2 cm³/mol. The van der Waals surface area contributed by atoms with E-state index in [-0.39, 0.29) is 11.8 Å². The second kappa shape index (κ2) is 10.3. The molecule has 0 aromatic carbocycles. The van der Waals surface area contributed by atoms with Crippen LogP contribution in [0.2, 0.25) is 0 Å². The third kappa shape index (κ3) is 7.75. The van der Waals surface area contributed by atoms with Crippen molar-refractivity contribution in [1.82, 2.24) is 10.2 Å². The van der Waals surface area contributed by atoms with E-state index in [1.807, 2.05) is 20.8 Å². The van der Waals surface area contributed by atoms with Gasteiger partial charge in [0.2, 0.25) is 5.91 Å². The summed E-state index contributed by atoms with van der Waals surface area (Å²) < 4.78 is 5.08. The number of likely N-dealkylation sites (N-methyl/N-ethyl adjacent to an activating group) is 1. The number of ether oxygens (including phenoxy) is 1. The summed E-state index contributed by atoms with van der Waals surface area (Å²) in [4.78, 5) is 37.5. The molecule has 0 aromatic heterocycles. The van der Waals surface area contributed by atoms with Crippen LogP contribution < -0.4 is 5.32 Å². The maximum atomic E-state index is 12.8. The number of carbonyl (C=O) groups excluding carboxylic acids is 2. The van der Waals surface area contributed by atoms with Crippen LogP contribution in [0.5, 0.6) is 0 Å². The summed E-state index contributed by atoms with van der Waals surface area (Å²) in [5.74, 6) is -0.843. The van der Waals surface area contributed by atoms with Crippen molar-refractivity contribution in [2.45, 2.75) is 71.4 Å². The number of amides is 2. The van der Waals surface area contributed by atoms with Gasteiger partial charge in [-0.3, -0.25) is 4.79 Å². The zero-order valence-electron chi connectivity index (χ0n) is 15.8. The minimum Gasteiger partial charge on any atom is -0.480 e. The van der Waals surface area contributed by atoms with Gasteiger partial charge in [-0.15, -0.1) is 0 Å². The van der Waals surface area contributed by atoms with E-state index in [1.54, 1.807) is 0 Å². The first-order valence-electron chi connectivity index (χ1n) is 9.19. The first-order chi connectivity index (χ1) is 11.8. The molecule has 0 unspecified atom stereocenters. The van der Waals surface area contributed by atoms with E-state index in [9.17, 15) is 19.5 Å². The van der Waals surface area contributed by atoms with E-state index in [0.717, 1.165) is 25.7 Å². The van der Waals surface area contributed by atoms with Gasteiger partial charge in [0.25, 0.3) is 0 Å². The molecule has 144 valence electrons. The number of unbranched alkanes of at least 4 members (excludes halogenated alkanes) is 1. The number of alkyl carbamates (subject to hydrolysis) is 1. The maximum absolute atomic E-state index is 12.8. The summed E-state index contributed by atoms with van der Waals surface area (Å²) in [6, 6.07) is -1.63. The normalized spacial score (nSPS) is 16.2. The van der Waals surface area contributed by atoms with E-state index >= 15 is 0 Å². The number of hydrogen-bond acceptors (Lipinski definition) is 4. The predicted octanol–water partition coefficient (Wildman–Crippen LogP) is 2.64. The topological polar surface area (TPSA) is 95.9 Å². The fourth-order valence-corrected chi connectivity index (χ4v) is 2.67. The van der Waals surface area contributed by atoms with Gasteiger partial charge in [-0.2, -0.15) is 0 Å². The highest BCUT2D eigenvalue weighted by atomic mass is 16.5. The quantitative estimate of drug-likeness (QED) is 0.555. The number of aliphatic carboxylic acids is 1. The number of carboxylic acids is 1. The highest BCUT2D eigenvalue weighted by molar-refractivity contribution is 5.89. The number of carboxylic acid groups (broad SMARTS) is 1. The molecule has 0 spiro atoms. The Labute approximate surface area is 150 Å². The summed E-state index contributed by atoms with van der Waals surface area (Å²) in [5, 5.41) is 12.1. The Bertz CT molecular complexity index is 462. The second-order valence-corrected chi connectivity index (χ2v) is 7.30. The largest absolute Gasteiger partial charge is 0.480 e. The van der Waals surface area contributed by atoms with E-state index in [1.165, 1.54) is 11.9 Å². The lowest BCUT2D eigenvalue weighted by atomic mass is 10.0. The number of hydrogen-bond donors (Lipinski definition) is 2. The minimum absolute atomic E-state index is 0.144. The highest BCUT2D eigenvalue weighted by Crippen LogP contribution is 2.34. The zero-order valence-corrected chi connectivity index (χ0v) is 15.8. The SMILES string of the molecule is CCCCOC(=O)N[C@@H](CC1CC1)C(=O)N(C)[C@@H](CC(C)C)C(=O)O. The molecule has 2 amide bonds. The lowest BCUT2D eigenvalue weighted by Gasteiger charge is -2.30. The molecular weight excluding hydrogens is 324 g/mol. The minimum atomic E-state index is -1.03. The smallest absolute Gasteiger partial charge is 0.407 e. The van der Waals surface area contributed by atoms with Crippen molar-refractivity contribution in [1.29, 1.82) is 0 Å². The third-order valence-electron chi connectivity index (χ3n) is 4.38. The van der Waals surface area contributed by atoms with Crippen LogP contribution in [0, 0.1) is 11.8 Å². The molecule has 0 saturated heterocycles. The van der Waals surface area contributed by atoms with Crippen molar-refractivity contribution in [2.24, 2.45) is 11.8 Å². The Morgan fingerprint density at radius 2 is 1.92 bits per heavy atom. The van der Waals surface area contributed by atoms with Gasteiger partial charge < -0.3 is 20.1 Å². The summed E-state index contributed by atoms with van der Waals surface area (Å²) in [7, 11) is 1.49. The molecule has 0 aromatic rings. The van der Waals surface area contributed by atoms with Crippen LogP contribution in [0.15, 0.2) is 0 Å². The summed E-state index contributed by atoms with van der Waals surface area (Å²) in [6.07, 6.45) is 4.04. The fourth-order valence-electron chi connectivity index (χ4n) is 2.67. The highest BCUT2D eigenvalue weighted by Gasteiger charge is 2.36. The van der Waals surface area contributed by atoms with Crippen molar-refractivity contribution in [3.8, 4) is 0 Å². The molecule has 25 heavy (non-hydrogen) atoms. The van der Waals surface area contributed by atoms with Crippen molar-refractivity contribution in [2.75, 3.05) is 13.7 Å². The molecule has 0 radical (unpaired) electrons. The number of nitrogens with one attached hydrogen (secondary N) is 1. The van der Waals surface area contributed by atoms with Crippen molar-refractivity contribution < 1.29 is 24.2 Å². The maximum Gasteiger partial charge on any atom is 0.407 e. The molecule has 1 rings (SSSR count). The third-order valence-corrected chi connectivity index (χ3v) is 4.38. The van der Waals surface area contributed by atoms with E-state index < -0.39 is 24.1 Å². The Hall–Kier alpha value is -1.79. The van der Waals surface area contributed by atoms with Crippen molar-refractivity contribution in [3.63, 3.8) is 0 Å². The van der Waals surface area contributed by atoms with Crippen LogP contribution >= 0.6 is 0 Å². The number of nitrogens with zero attached hydrogens (tertiary/aromatic N) is 1. The summed E-state index contributed by atoms with van der Waals surface area (Å²) in [6.45, 7) is 6.14. The molecule has 2 atom stereocenters. The summed E-state index contributed by atoms with van der Waals surface area (Å²) >= 11 is 0. The van der Waals surface area contributed by atoms with Gasteiger partial charge in [0.05, 0.1) is 6.61 Å². The van der Waals surface area contributed by atoms with Gasteiger partial charge in [0.1, 0.15) is 12.1 Å². The fraction of sp³-hybridized carbons (Fsp3) is 0.833. The van der Waals surface area contributed by atoms with Gasteiger partial charge in [-0.25, -0.2) is 9.59 Å². The molecule has 0 aliphatic heterocycles. The second-order valence-electron chi connectivity index (χ2n) is 7.30. The molecule has 0 heterocycles. The molecule has 0 bridgehead atoms. The Kier molecular flexibility index (Phi) is 8.72. The van der Waals surface area contributed by atoms with Gasteiger partial charge in [0, 0.05) is 7.05 Å². The molecule has 1 aliphatic carbocycles. The molecule has 1 fully saturated rings. The number of rotatable bonds is 11. The van der Waals surface area contributed by atoms with Crippen LogP contribution in [0.25, 0.3) is 0 Å².